The minimum absolute atomic E-state index is 0.0894. The van der Waals surface area contributed by atoms with Gasteiger partial charge in [0, 0.05) is 11.6 Å². The van der Waals surface area contributed by atoms with Crippen molar-refractivity contribution in [3.05, 3.63) is 34.4 Å². The molecule has 6 heteroatoms. The van der Waals surface area contributed by atoms with E-state index in [1.807, 2.05) is 20.8 Å². The first-order valence-corrected chi connectivity index (χ1v) is 5.47. The number of hydrogen-bond donors (Lipinski definition) is 1. The third kappa shape index (κ3) is 4.40. The number of rotatable bonds is 4. The van der Waals surface area contributed by atoms with Gasteiger partial charge in [-0.05, 0) is 26.8 Å². The fourth-order valence-corrected chi connectivity index (χ4v) is 1.33. The van der Waals surface area contributed by atoms with Gasteiger partial charge in [0.25, 0.3) is 5.91 Å². The van der Waals surface area contributed by atoms with E-state index in [1.165, 1.54) is 12.1 Å². The lowest BCUT2D eigenvalue weighted by atomic mass is 10.1. The molecular weight excluding hydrogens is 236 g/mol. The standard InChI is InChI=1S/C12H16N2O4/c1-12(2,3)13-11(15)8-18-10-7-5-4-6-9(10)14(16)17/h4-7H,8H2,1-3H3,(H,13,15). The summed E-state index contributed by atoms with van der Waals surface area (Å²) in [7, 11) is 0. The second kappa shape index (κ2) is 5.48. The lowest BCUT2D eigenvalue weighted by Gasteiger charge is -2.20. The van der Waals surface area contributed by atoms with Gasteiger partial charge in [0.15, 0.2) is 12.4 Å². The van der Waals surface area contributed by atoms with Gasteiger partial charge in [0.1, 0.15) is 0 Å². The number of nitro groups is 1. The number of nitro benzene ring substituents is 1. The number of carbonyl (C=O) groups excluding carboxylic acids is 1. The highest BCUT2D eigenvalue weighted by Crippen LogP contribution is 2.25. The summed E-state index contributed by atoms with van der Waals surface area (Å²) in [5.41, 5.74) is -0.510. The molecule has 0 aliphatic rings. The normalized spacial score (nSPS) is 10.8. The topological polar surface area (TPSA) is 81.5 Å². The number of amides is 1. The Kier molecular flexibility index (Phi) is 4.25. The molecule has 0 bridgehead atoms. The summed E-state index contributed by atoms with van der Waals surface area (Å²) >= 11 is 0. The summed E-state index contributed by atoms with van der Waals surface area (Å²) in [5.74, 6) is -0.229. The third-order valence-electron chi connectivity index (χ3n) is 1.94. The van der Waals surface area contributed by atoms with Crippen molar-refractivity contribution in [3.63, 3.8) is 0 Å². The van der Waals surface area contributed by atoms with Crippen molar-refractivity contribution in [2.24, 2.45) is 0 Å². The van der Waals surface area contributed by atoms with E-state index in [0.29, 0.717) is 0 Å². The zero-order chi connectivity index (χ0) is 13.8. The molecule has 0 heterocycles. The van der Waals surface area contributed by atoms with E-state index in [-0.39, 0.29) is 29.5 Å². The summed E-state index contributed by atoms with van der Waals surface area (Å²) in [6.07, 6.45) is 0. The fourth-order valence-electron chi connectivity index (χ4n) is 1.33. The first kappa shape index (κ1) is 14.0. The number of nitrogens with one attached hydrogen (secondary N) is 1. The molecule has 0 fully saturated rings. The second-order valence-corrected chi connectivity index (χ2v) is 4.81. The number of carbonyl (C=O) groups is 1. The number of ether oxygens (including phenoxy) is 1. The van der Waals surface area contributed by atoms with Crippen LogP contribution in [0.3, 0.4) is 0 Å². The molecule has 0 radical (unpaired) electrons. The van der Waals surface area contributed by atoms with Gasteiger partial charge in [-0.25, -0.2) is 0 Å². The van der Waals surface area contributed by atoms with Gasteiger partial charge in [0.05, 0.1) is 4.92 Å². The monoisotopic (exact) mass is 252 g/mol. The van der Waals surface area contributed by atoms with Crippen LogP contribution in [0, 0.1) is 10.1 Å². The third-order valence-corrected chi connectivity index (χ3v) is 1.94. The molecule has 0 aromatic heterocycles. The second-order valence-electron chi connectivity index (χ2n) is 4.81. The highest BCUT2D eigenvalue weighted by atomic mass is 16.6. The minimum Gasteiger partial charge on any atom is -0.477 e. The molecule has 0 saturated carbocycles. The molecule has 98 valence electrons. The highest BCUT2D eigenvalue weighted by Gasteiger charge is 2.17. The molecule has 1 amide bonds. The molecule has 0 aliphatic heterocycles. The van der Waals surface area contributed by atoms with Crippen molar-refractivity contribution < 1.29 is 14.5 Å². The molecule has 0 atom stereocenters. The number of benzene rings is 1. The quantitative estimate of drug-likeness (QED) is 0.655. The zero-order valence-corrected chi connectivity index (χ0v) is 10.6. The Morgan fingerprint density at radius 2 is 2.00 bits per heavy atom. The van der Waals surface area contributed by atoms with Crippen LogP contribution in [-0.2, 0) is 4.79 Å². The predicted molar refractivity (Wildman–Crippen MR) is 66.5 cm³/mol. The van der Waals surface area contributed by atoms with E-state index in [4.69, 9.17) is 4.74 Å². The van der Waals surface area contributed by atoms with E-state index in [0.717, 1.165) is 0 Å². The van der Waals surface area contributed by atoms with E-state index >= 15 is 0 Å². The van der Waals surface area contributed by atoms with Gasteiger partial charge in [-0.2, -0.15) is 0 Å². The molecular formula is C12H16N2O4. The van der Waals surface area contributed by atoms with E-state index in [1.54, 1.807) is 12.1 Å². The Bertz CT molecular complexity index is 452. The van der Waals surface area contributed by atoms with Gasteiger partial charge in [0.2, 0.25) is 0 Å². The summed E-state index contributed by atoms with van der Waals surface area (Å²) in [5, 5.41) is 13.4. The largest absolute Gasteiger partial charge is 0.477 e. The van der Waals surface area contributed by atoms with Crippen LogP contribution in [0.15, 0.2) is 24.3 Å². The van der Waals surface area contributed by atoms with Crippen molar-refractivity contribution in [2.75, 3.05) is 6.61 Å². The number of nitrogens with zero attached hydrogens (tertiary/aromatic N) is 1. The van der Waals surface area contributed by atoms with Crippen LogP contribution in [0.5, 0.6) is 5.75 Å². The van der Waals surface area contributed by atoms with Crippen LogP contribution in [-0.4, -0.2) is 23.0 Å². The van der Waals surface area contributed by atoms with E-state index in [2.05, 4.69) is 5.32 Å². The summed E-state index contributed by atoms with van der Waals surface area (Å²) < 4.78 is 5.15. The van der Waals surface area contributed by atoms with E-state index in [9.17, 15) is 14.9 Å². The maximum Gasteiger partial charge on any atom is 0.310 e. The molecule has 1 rings (SSSR count). The Labute approximate surface area is 105 Å². The summed E-state index contributed by atoms with van der Waals surface area (Å²) in [4.78, 5) is 21.7. The zero-order valence-electron chi connectivity index (χ0n) is 10.6. The van der Waals surface area contributed by atoms with Gasteiger partial charge in [-0.15, -0.1) is 0 Å². The first-order valence-electron chi connectivity index (χ1n) is 5.47. The summed E-state index contributed by atoms with van der Waals surface area (Å²) in [6, 6.07) is 5.95. The van der Waals surface area contributed by atoms with Crippen molar-refractivity contribution in [1.82, 2.24) is 5.32 Å². The maximum atomic E-state index is 11.5. The molecule has 18 heavy (non-hydrogen) atoms. The molecule has 0 aliphatic carbocycles. The van der Waals surface area contributed by atoms with Crippen LogP contribution < -0.4 is 10.1 Å². The predicted octanol–water partition coefficient (Wildman–Crippen LogP) is 1.89. The molecule has 1 aromatic carbocycles. The fraction of sp³-hybridized carbons (Fsp3) is 0.417. The van der Waals surface area contributed by atoms with Gasteiger partial charge >= 0.3 is 5.69 Å². The Morgan fingerprint density at radius 1 is 1.39 bits per heavy atom. The molecule has 1 N–H and O–H groups in total. The Morgan fingerprint density at radius 3 is 2.56 bits per heavy atom. The molecule has 1 aromatic rings. The smallest absolute Gasteiger partial charge is 0.310 e. The first-order chi connectivity index (χ1) is 8.29. The average Bonchev–Trinajstić information content (AvgIpc) is 2.24. The lowest BCUT2D eigenvalue weighted by molar-refractivity contribution is -0.385. The Hall–Kier alpha value is -2.11. The SMILES string of the molecule is CC(C)(C)NC(=O)COc1ccccc1[N+](=O)[O-]. The van der Waals surface area contributed by atoms with Crippen molar-refractivity contribution in [1.29, 1.82) is 0 Å². The van der Waals surface area contributed by atoms with Gasteiger partial charge in [-0.1, -0.05) is 12.1 Å². The van der Waals surface area contributed by atoms with Gasteiger partial charge in [-0.3, -0.25) is 14.9 Å². The van der Waals surface area contributed by atoms with Crippen LogP contribution in [0.2, 0.25) is 0 Å². The summed E-state index contributed by atoms with van der Waals surface area (Å²) in [6.45, 7) is 5.28. The average molecular weight is 252 g/mol. The van der Waals surface area contributed by atoms with Crippen molar-refractivity contribution >= 4 is 11.6 Å². The Balaban J connectivity index is 2.64. The highest BCUT2D eigenvalue weighted by molar-refractivity contribution is 5.78. The minimum atomic E-state index is -0.545. The number of hydrogen-bond acceptors (Lipinski definition) is 4. The maximum absolute atomic E-state index is 11.5. The molecule has 0 spiro atoms. The lowest BCUT2D eigenvalue weighted by Crippen LogP contribution is -2.43. The number of para-hydroxylation sites is 2. The van der Waals surface area contributed by atoms with Crippen LogP contribution in [0.25, 0.3) is 0 Å². The van der Waals surface area contributed by atoms with Crippen LogP contribution >= 0.6 is 0 Å². The van der Waals surface area contributed by atoms with Gasteiger partial charge < -0.3 is 10.1 Å². The molecule has 0 unspecified atom stereocenters. The molecule has 0 saturated heterocycles. The van der Waals surface area contributed by atoms with Crippen molar-refractivity contribution in [3.8, 4) is 5.75 Å². The van der Waals surface area contributed by atoms with Crippen LogP contribution in [0.4, 0.5) is 5.69 Å². The molecule has 6 nitrogen and oxygen atoms in total. The van der Waals surface area contributed by atoms with Crippen molar-refractivity contribution in [2.45, 2.75) is 26.3 Å². The van der Waals surface area contributed by atoms with E-state index < -0.39 is 4.92 Å². The van der Waals surface area contributed by atoms with Crippen LogP contribution in [0.1, 0.15) is 20.8 Å².